The molecule has 2 aromatic rings. The third kappa shape index (κ3) is 1.35. The van der Waals surface area contributed by atoms with Crippen molar-refractivity contribution in [1.82, 2.24) is 0 Å². The van der Waals surface area contributed by atoms with Gasteiger partial charge >= 0.3 is 0 Å². The fourth-order valence-electron chi connectivity index (χ4n) is 3.57. The highest BCUT2D eigenvalue weighted by atomic mass is 16.5. The highest BCUT2D eigenvalue weighted by Crippen LogP contribution is 2.56. The van der Waals surface area contributed by atoms with Crippen molar-refractivity contribution < 1.29 is 14.6 Å². The van der Waals surface area contributed by atoms with E-state index in [0.29, 0.717) is 11.7 Å². The van der Waals surface area contributed by atoms with Crippen molar-refractivity contribution in [2.75, 3.05) is 7.11 Å². The Labute approximate surface area is 117 Å². The minimum absolute atomic E-state index is 0.0754. The van der Waals surface area contributed by atoms with E-state index in [4.69, 9.17) is 9.47 Å². The lowest BCUT2D eigenvalue weighted by Crippen LogP contribution is -2.03. The number of ether oxygens (including phenoxy) is 2. The summed E-state index contributed by atoms with van der Waals surface area (Å²) in [7, 11) is 1.56. The number of phenols is 1. The molecule has 1 aliphatic heterocycles. The summed E-state index contributed by atoms with van der Waals surface area (Å²) < 4.78 is 11.4. The fraction of sp³-hybridized carbons (Fsp3) is 0.294. The molecule has 0 aromatic heterocycles. The molecular formula is C17H16O3. The van der Waals surface area contributed by atoms with E-state index in [-0.39, 0.29) is 11.9 Å². The summed E-state index contributed by atoms with van der Waals surface area (Å²) in [6.45, 7) is 1.94. The van der Waals surface area contributed by atoms with Gasteiger partial charge in [0.25, 0.3) is 0 Å². The van der Waals surface area contributed by atoms with Crippen molar-refractivity contribution in [3.63, 3.8) is 0 Å². The highest BCUT2D eigenvalue weighted by Gasteiger charge is 2.43. The lowest BCUT2D eigenvalue weighted by Gasteiger charge is -2.12. The number of aromatic hydroxyl groups is 1. The van der Waals surface area contributed by atoms with E-state index >= 15 is 0 Å². The third-order valence-corrected chi connectivity index (χ3v) is 4.53. The van der Waals surface area contributed by atoms with Crippen molar-refractivity contribution >= 4 is 0 Å². The average Bonchev–Trinajstić information content (AvgIpc) is 2.98. The van der Waals surface area contributed by atoms with Crippen LogP contribution in [0, 0.1) is 6.92 Å². The summed E-state index contributed by atoms with van der Waals surface area (Å²) in [5.41, 5.74) is 4.62. The van der Waals surface area contributed by atoms with Gasteiger partial charge in [-0.05, 0) is 24.5 Å². The van der Waals surface area contributed by atoms with Gasteiger partial charge in [0.15, 0.2) is 11.5 Å². The molecule has 0 saturated carbocycles. The highest BCUT2D eigenvalue weighted by molar-refractivity contribution is 5.61. The van der Waals surface area contributed by atoms with E-state index in [1.807, 2.05) is 6.92 Å². The molecule has 3 nitrogen and oxygen atoms in total. The largest absolute Gasteiger partial charge is 0.504 e. The lowest BCUT2D eigenvalue weighted by molar-refractivity contribution is 0.222. The van der Waals surface area contributed by atoms with Crippen LogP contribution in [0.3, 0.4) is 0 Å². The molecule has 3 heteroatoms. The van der Waals surface area contributed by atoms with Crippen LogP contribution in [0.15, 0.2) is 30.3 Å². The van der Waals surface area contributed by atoms with Gasteiger partial charge in [0, 0.05) is 23.1 Å². The van der Waals surface area contributed by atoms with Crippen LogP contribution in [-0.4, -0.2) is 12.2 Å². The van der Waals surface area contributed by atoms with Crippen molar-refractivity contribution in [1.29, 1.82) is 0 Å². The number of hydrogen-bond acceptors (Lipinski definition) is 3. The van der Waals surface area contributed by atoms with Crippen LogP contribution >= 0.6 is 0 Å². The summed E-state index contributed by atoms with van der Waals surface area (Å²) in [6, 6.07) is 10.2. The first kappa shape index (κ1) is 11.6. The van der Waals surface area contributed by atoms with Crippen LogP contribution in [0.5, 0.6) is 17.2 Å². The summed E-state index contributed by atoms with van der Waals surface area (Å²) in [6.07, 6.45) is 1.05. The molecule has 20 heavy (non-hydrogen) atoms. The van der Waals surface area contributed by atoms with Crippen molar-refractivity contribution in [2.45, 2.75) is 25.4 Å². The molecular weight excluding hydrogens is 252 g/mol. The quantitative estimate of drug-likeness (QED) is 0.860. The van der Waals surface area contributed by atoms with Gasteiger partial charge < -0.3 is 14.6 Å². The van der Waals surface area contributed by atoms with Gasteiger partial charge in [-0.15, -0.1) is 0 Å². The van der Waals surface area contributed by atoms with Crippen LogP contribution in [0.4, 0.5) is 0 Å². The number of hydrogen-bond donors (Lipinski definition) is 1. The normalized spacial score (nSPS) is 21.9. The first-order valence-corrected chi connectivity index (χ1v) is 6.85. The maximum absolute atomic E-state index is 10.2. The molecule has 0 saturated heterocycles. The Hall–Kier alpha value is -2.16. The zero-order valence-electron chi connectivity index (χ0n) is 11.5. The standard InChI is InChI=1S/C17H16O3/c1-9-15-12-7-10-5-3-4-6-11(10)17(12)20-13(15)8-14(19-2)16(9)18/h3-6,8,12,17-18H,7H2,1-2H3/t12-,17-/m1/s1. The van der Waals surface area contributed by atoms with Gasteiger partial charge in [0.1, 0.15) is 11.9 Å². The average molecular weight is 268 g/mol. The number of phenolic OH excluding ortho intramolecular Hbond substituents is 1. The number of methoxy groups -OCH3 is 1. The summed E-state index contributed by atoms with van der Waals surface area (Å²) in [5, 5.41) is 10.2. The summed E-state index contributed by atoms with van der Waals surface area (Å²) in [5.74, 6) is 1.86. The molecule has 1 N–H and O–H groups in total. The molecule has 0 spiro atoms. The smallest absolute Gasteiger partial charge is 0.164 e. The molecule has 0 unspecified atom stereocenters. The minimum atomic E-state index is 0.0754. The predicted octanol–water partition coefficient (Wildman–Crippen LogP) is 3.48. The maximum Gasteiger partial charge on any atom is 0.164 e. The van der Waals surface area contributed by atoms with E-state index < -0.39 is 0 Å². The van der Waals surface area contributed by atoms with Crippen molar-refractivity contribution in [3.8, 4) is 17.2 Å². The molecule has 1 heterocycles. The molecule has 2 aliphatic rings. The van der Waals surface area contributed by atoms with E-state index in [2.05, 4.69) is 24.3 Å². The number of benzene rings is 2. The molecule has 0 fully saturated rings. The Balaban J connectivity index is 1.86. The molecule has 2 aromatic carbocycles. The van der Waals surface area contributed by atoms with E-state index in [1.165, 1.54) is 11.1 Å². The monoisotopic (exact) mass is 268 g/mol. The van der Waals surface area contributed by atoms with Crippen molar-refractivity contribution in [3.05, 3.63) is 52.6 Å². The molecule has 102 valence electrons. The minimum Gasteiger partial charge on any atom is -0.504 e. The second-order valence-electron chi connectivity index (χ2n) is 5.51. The van der Waals surface area contributed by atoms with Crippen LogP contribution in [0.2, 0.25) is 0 Å². The van der Waals surface area contributed by atoms with E-state index in [0.717, 1.165) is 23.3 Å². The Bertz CT molecular complexity index is 706. The zero-order chi connectivity index (χ0) is 13.9. The van der Waals surface area contributed by atoms with Gasteiger partial charge in [-0.3, -0.25) is 0 Å². The molecule has 0 amide bonds. The first-order valence-electron chi connectivity index (χ1n) is 6.85. The van der Waals surface area contributed by atoms with E-state index in [9.17, 15) is 5.11 Å². The zero-order valence-corrected chi connectivity index (χ0v) is 11.5. The molecule has 2 atom stereocenters. The van der Waals surface area contributed by atoms with Crippen LogP contribution in [0.1, 0.15) is 34.3 Å². The van der Waals surface area contributed by atoms with Gasteiger partial charge in [-0.25, -0.2) is 0 Å². The molecule has 1 aliphatic carbocycles. The summed E-state index contributed by atoms with van der Waals surface area (Å²) >= 11 is 0. The molecule has 0 bridgehead atoms. The van der Waals surface area contributed by atoms with Gasteiger partial charge in [0.2, 0.25) is 0 Å². The van der Waals surface area contributed by atoms with Gasteiger partial charge in [0.05, 0.1) is 7.11 Å². The number of fused-ring (bicyclic) bond motifs is 5. The second-order valence-corrected chi connectivity index (χ2v) is 5.51. The SMILES string of the molecule is COc1cc2c(c(C)c1O)[C@H]1Cc3ccccc3[C@H]1O2. The summed E-state index contributed by atoms with van der Waals surface area (Å²) in [4.78, 5) is 0. The Morgan fingerprint density at radius 1 is 1.30 bits per heavy atom. The fourth-order valence-corrected chi connectivity index (χ4v) is 3.57. The third-order valence-electron chi connectivity index (χ3n) is 4.53. The van der Waals surface area contributed by atoms with Gasteiger partial charge in [-0.1, -0.05) is 24.3 Å². The van der Waals surface area contributed by atoms with Crippen LogP contribution in [-0.2, 0) is 6.42 Å². The van der Waals surface area contributed by atoms with Crippen LogP contribution < -0.4 is 9.47 Å². The molecule has 4 rings (SSSR count). The van der Waals surface area contributed by atoms with Crippen LogP contribution in [0.25, 0.3) is 0 Å². The van der Waals surface area contributed by atoms with Gasteiger partial charge in [-0.2, -0.15) is 0 Å². The van der Waals surface area contributed by atoms with Crippen molar-refractivity contribution in [2.24, 2.45) is 0 Å². The topological polar surface area (TPSA) is 38.7 Å². The first-order chi connectivity index (χ1) is 9.70. The maximum atomic E-state index is 10.2. The Morgan fingerprint density at radius 2 is 2.10 bits per heavy atom. The predicted molar refractivity (Wildman–Crippen MR) is 75.7 cm³/mol. The van der Waals surface area contributed by atoms with E-state index in [1.54, 1.807) is 13.2 Å². The Kier molecular flexibility index (Phi) is 2.28. The second kappa shape index (κ2) is 3.92. The molecule has 0 radical (unpaired) electrons. The lowest BCUT2D eigenvalue weighted by atomic mass is 9.91. The number of rotatable bonds is 1. The Morgan fingerprint density at radius 3 is 2.90 bits per heavy atom.